The number of rotatable bonds is 6. The topological polar surface area (TPSA) is 114 Å². The Morgan fingerprint density at radius 3 is 2.60 bits per heavy atom. The molecule has 7 nitrogen and oxygen atoms in total. The molecule has 0 aromatic carbocycles. The van der Waals surface area contributed by atoms with Crippen molar-refractivity contribution in [2.45, 2.75) is 32.7 Å². The Balaban J connectivity index is 0.00000361. The molecule has 1 atom stereocenters. The Bertz CT molecular complexity index is 475. The molecule has 20 heavy (non-hydrogen) atoms. The largest absolute Gasteiger partial charge is 0.351 e. The number of hydrogen-bond donors (Lipinski definition) is 3. The van der Waals surface area contributed by atoms with Gasteiger partial charge in [-0.2, -0.15) is 0 Å². The van der Waals surface area contributed by atoms with Crippen LogP contribution >= 0.6 is 12.4 Å². The van der Waals surface area contributed by atoms with Gasteiger partial charge in [-0.25, -0.2) is 0 Å². The van der Waals surface area contributed by atoms with Crippen LogP contribution in [0.5, 0.6) is 0 Å². The first-order chi connectivity index (χ1) is 8.77. The molecule has 1 amide bonds. The van der Waals surface area contributed by atoms with Crippen LogP contribution in [-0.2, 0) is 0 Å². The monoisotopic (exact) mass is 304 g/mol. The maximum atomic E-state index is 12.0. The lowest BCUT2D eigenvalue weighted by molar-refractivity contribution is -0.384. The maximum Gasteiger partial charge on any atom is 0.287 e. The molecular weight excluding hydrogens is 284 g/mol. The van der Waals surface area contributed by atoms with Crippen LogP contribution in [0.3, 0.4) is 0 Å². The van der Waals surface area contributed by atoms with Gasteiger partial charge in [0.05, 0.1) is 16.7 Å². The van der Waals surface area contributed by atoms with E-state index in [1.54, 1.807) is 0 Å². The van der Waals surface area contributed by atoms with Gasteiger partial charge in [-0.05, 0) is 19.3 Å². The molecule has 0 saturated heterocycles. The fourth-order valence-electron chi connectivity index (χ4n) is 2.05. The third kappa shape index (κ3) is 4.82. The zero-order chi connectivity index (χ0) is 14.6. The van der Waals surface area contributed by atoms with Gasteiger partial charge >= 0.3 is 0 Å². The molecule has 0 aliphatic heterocycles. The predicted molar refractivity (Wildman–Crippen MR) is 79.1 cm³/mol. The number of nitrogens with zero attached hydrogens (tertiary/aromatic N) is 1. The molecule has 114 valence electrons. The highest BCUT2D eigenvalue weighted by Crippen LogP contribution is 2.17. The highest BCUT2D eigenvalue weighted by atomic mass is 35.5. The molecule has 1 heterocycles. The Labute approximate surface area is 123 Å². The maximum absolute atomic E-state index is 12.0. The fraction of sp³-hybridized carbons (Fsp3) is 0.583. The number of nitro groups is 1. The molecule has 8 heteroatoms. The quantitative estimate of drug-likeness (QED) is 0.549. The molecule has 0 aliphatic carbocycles. The van der Waals surface area contributed by atoms with Gasteiger partial charge < -0.3 is 16.0 Å². The molecular formula is C12H21ClN4O3. The van der Waals surface area contributed by atoms with Crippen molar-refractivity contribution in [3.63, 3.8) is 0 Å². The van der Waals surface area contributed by atoms with Crippen LogP contribution in [0.15, 0.2) is 12.3 Å². The van der Waals surface area contributed by atoms with Gasteiger partial charge in [0, 0.05) is 12.6 Å². The lowest BCUT2D eigenvalue weighted by atomic mass is 9.90. The number of nitrogens with two attached hydrogens (primary N) is 1. The summed E-state index contributed by atoms with van der Waals surface area (Å²) in [6, 6.07) is 1.21. The third-order valence-corrected chi connectivity index (χ3v) is 2.85. The second-order valence-corrected chi connectivity index (χ2v) is 5.35. The number of aromatic amines is 1. The molecule has 1 aromatic rings. The number of carbonyl (C=O) groups is 1. The first-order valence-corrected chi connectivity index (χ1v) is 6.13. The highest BCUT2D eigenvalue weighted by molar-refractivity contribution is 5.93. The number of nitrogens with one attached hydrogen (secondary N) is 2. The summed E-state index contributed by atoms with van der Waals surface area (Å²) >= 11 is 0. The average molecular weight is 305 g/mol. The molecule has 4 N–H and O–H groups in total. The lowest BCUT2D eigenvalue weighted by Gasteiger charge is -2.30. The van der Waals surface area contributed by atoms with Crippen molar-refractivity contribution in [2.24, 2.45) is 11.7 Å². The van der Waals surface area contributed by atoms with Crippen LogP contribution in [0.1, 0.15) is 37.7 Å². The summed E-state index contributed by atoms with van der Waals surface area (Å²) in [6.07, 6.45) is 1.93. The van der Waals surface area contributed by atoms with Crippen LogP contribution < -0.4 is 11.1 Å². The summed E-state index contributed by atoms with van der Waals surface area (Å²) < 4.78 is 0. The van der Waals surface area contributed by atoms with Crippen LogP contribution in [0.25, 0.3) is 0 Å². The number of amides is 1. The van der Waals surface area contributed by atoms with E-state index in [1.807, 2.05) is 20.8 Å². The first-order valence-electron chi connectivity index (χ1n) is 6.13. The Morgan fingerprint density at radius 2 is 2.20 bits per heavy atom. The van der Waals surface area contributed by atoms with E-state index in [-0.39, 0.29) is 29.7 Å². The van der Waals surface area contributed by atoms with Gasteiger partial charge in [0.1, 0.15) is 5.69 Å². The molecule has 0 fully saturated rings. The smallest absolute Gasteiger partial charge is 0.287 e. The van der Waals surface area contributed by atoms with Crippen LogP contribution in [-0.4, -0.2) is 27.9 Å². The van der Waals surface area contributed by atoms with Crippen molar-refractivity contribution in [1.82, 2.24) is 10.3 Å². The van der Waals surface area contributed by atoms with E-state index in [2.05, 4.69) is 10.3 Å². The standard InChI is InChI=1S/C12H20N4O3.ClH/c1-8(2)5-12(3,7-13)15-11(17)10-4-9(6-14-10)16(18)19;/h4,6,8,14H,5,7,13H2,1-3H3,(H,15,17);1H. The zero-order valence-corrected chi connectivity index (χ0v) is 12.6. The molecule has 1 aromatic heterocycles. The highest BCUT2D eigenvalue weighted by Gasteiger charge is 2.27. The normalized spacial score (nSPS) is 13.4. The molecule has 1 rings (SSSR count). The van der Waals surface area contributed by atoms with Crippen molar-refractivity contribution >= 4 is 24.0 Å². The average Bonchev–Trinajstić information content (AvgIpc) is 2.77. The lowest BCUT2D eigenvalue weighted by Crippen LogP contribution is -2.52. The summed E-state index contributed by atoms with van der Waals surface area (Å²) in [4.78, 5) is 24.6. The Kier molecular flexibility index (Phi) is 6.67. The van der Waals surface area contributed by atoms with Gasteiger partial charge in [-0.15, -0.1) is 12.4 Å². The van der Waals surface area contributed by atoms with E-state index < -0.39 is 10.5 Å². The zero-order valence-electron chi connectivity index (χ0n) is 11.8. The van der Waals surface area contributed by atoms with Gasteiger partial charge in [-0.1, -0.05) is 13.8 Å². The number of H-pyrrole nitrogens is 1. The number of aromatic nitrogens is 1. The van der Waals surface area contributed by atoms with Crippen LogP contribution in [0, 0.1) is 16.0 Å². The summed E-state index contributed by atoms with van der Waals surface area (Å²) in [5, 5.41) is 13.4. The third-order valence-electron chi connectivity index (χ3n) is 2.85. The summed E-state index contributed by atoms with van der Waals surface area (Å²) in [7, 11) is 0. The van der Waals surface area contributed by atoms with Crippen molar-refractivity contribution in [2.75, 3.05) is 6.54 Å². The predicted octanol–water partition coefficient (Wildman–Crippen LogP) is 1.84. The Hall–Kier alpha value is -1.60. The van der Waals surface area contributed by atoms with E-state index >= 15 is 0 Å². The molecule has 0 aliphatic rings. The number of halogens is 1. The van der Waals surface area contributed by atoms with E-state index in [1.165, 1.54) is 12.3 Å². The Morgan fingerprint density at radius 1 is 1.60 bits per heavy atom. The number of hydrogen-bond acceptors (Lipinski definition) is 4. The number of carbonyl (C=O) groups excluding carboxylic acids is 1. The van der Waals surface area contributed by atoms with E-state index in [0.29, 0.717) is 12.5 Å². The minimum atomic E-state index is -0.552. The second-order valence-electron chi connectivity index (χ2n) is 5.35. The molecule has 0 saturated carbocycles. The fourth-order valence-corrected chi connectivity index (χ4v) is 2.05. The van der Waals surface area contributed by atoms with E-state index in [9.17, 15) is 14.9 Å². The van der Waals surface area contributed by atoms with Crippen molar-refractivity contribution in [3.8, 4) is 0 Å². The molecule has 1 unspecified atom stereocenters. The van der Waals surface area contributed by atoms with E-state index in [4.69, 9.17) is 5.73 Å². The minimum absolute atomic E-state index is 0. The SMILES string of the molecule is CC(C)CC(C)(CN)NC(=O)c1cc([N+](=O)[O-])c[nH]1.Cl. The van der Waals surface area contributed by atoms with Gasteiger partial charge in [-0.3, -0.25) is 14.9 Å². The summed E-state index contributed by atoms with van der Waals surface area (Å²) in [6.45, 7) is 6.25. The molecule has 0 radical (unpaired) electrons. The van der Waals surface area contributed by atoms with Crippen molar-refractivity contribution in [1.29, 1.82) is 0 Å². The second kappa shape index (κ2) is 7.25. The summed E-state index contributed by atoms with van der Waals surface area (Å²) in [5.41, 5.74) is 5.21. The van der Waals surface area contributed by atoms with Gasteiger partial charge in [0.15, 0.2) is 0 Å². The molecule has 0 spiro atoms. The van der Waals surface area contributed by atoms with Crippen LogP contribution in [0.4, 0.5) is 5.69 Å². The van der Waals surface area contributed by atoms with Crippen molar-refractivity contribution < 1.29 is 9.72 Å². The van der Waals surface area contributed by atoms with Crippen LogP contribution in [0.2, 0.25) is 0 Å². The van der Waals surface area contributed by atoms with Crippen molar-refractivity contribution in [3.05, 3.63) is 28.1 Å². The first kappa shape index (κ1) is 18.4. The summed E-state index contributed by atoms with van der Waals surface area (Å²) in [5.74, 6) is -0.00599. The molecule has 0 bridgehead atoms. The van der Waals surface area contributed by atoms with Gasteiger partial charge in [0.2, 0.25) is 0 Å². The minimum Gasteiger partial charge on any atom is -0.351 e. The van der Waals surface area contributed by atoms with E-state index in [0.717, 1.165) is 6.42 Å². The van der Waals surface area contributed by atoms with Gasteiger partial charge in [0.25, 0.3) is 11.6 Å².